The Bertz CT molecular complexity index is 1220. The lowest BCUT2D eigenvalue weighted by molar-refractivity contribution is -0.123. The number of nitrogens with zero attached hydrogens (tertiary/aromatic N) is 2. The maximum atomic E-state index is 12.3. The molecule has 3 aromatic carbocycles. The summed E-state index contributed by atoms with van der Waals surface area (Å²) in [4.78, 5) is 16.3. The second-order valence-corrected chi connectivity index (χ2v) is 9.83. The molecule has 5 nitrogen and oxygen atoms in total. The predicted octanol–water partition coefficient (Wildman–Crippen LogP) is 5.55. The number of piperidine rings is 1. The first kappa shape index (κ1) is 29.0. The van der Waals surface area contributed by atoms with Gasteiger partial charge in [-0.1, -0.05) is 60.7 Å². The van der Waals surface area contributed by atoms with Gasteiger partial charge < -0.3 is 19.6 Å². The van der Waals surface area contributed by atoms with Gasteiger partial charge in [0.2, 0.25) is 5.91 Å². The number of aliphatic hydroxyl groups is 1. The van der Waals surface area contributed by atoms with Gasteiger partial charge in [0.05, 0.1) is 0 Å². The van der Waals surface area contributed by atoms with Crippen molar-refractivity contribution in [3.8, 4) is 5.75 Å². The van der Waals surface area contributed by atoms with Gasteiger partial charge >= 0.3 is 0 Å². The Morgan fingerprint density at radius 2 is 1.68 bits per heavy atom. The molecule has 37 heavy (non-hydrogen) atoms. The molecule has 2 saturated heterocycles. The number of carbonyl (C=O) groups is 1. The quantitative estimate of drug-likeness (QED) is 0.398. The van der Waals surface area contributed by atoms with E-state index in [1.807, 2.05) is 37.4 Å². The smallest absolute Gasteiger partial charge is 0.249 e. The number of likely N-dealkylation sites (N-methyl/N-ethyl adjacent to an activating group) is 1. The fraction of sp³-hybridized carbons (Fsp3) is 0.367. The summed E-state index contributed by atoms with van der Waals surface area (Å²) in [5.74, 6) is 1.35. The lowest BCUT2D eigenvalue weighted by atomic mass is 9.88. The number of benzene rings is 3. The van der Waals surface area contributed by atoms with Gasteiger partial charge in [0.25, 0.3) is 0 Å². The summed E-state index contributed by atoms with van der Waals surface area (Å²) in [5, 5.41) is 13.3. The molecule has 0 aliphatic carbocycles. The molecule has 0 saturated carbocycles. The lowest BCUT2D eigenvalue weighted by Gasteiger charge is -2.33. The number of para-hydroxylation sites is 1. The molecule has 0 bridgehead atoms. The number of aliphatic hydroxyl groups excluding tert-OH is 1. The van der Waals surface area contributed by atoms with Crippen LogP contribution in [-0.4, -0.2) is 66.8 Å². The molecular weight excluding hydrogens is 507 g/mol. The van der Waals surface area contributed by atoms with E-state index in [9.17, 15) is 9.90 Å². The van der Waals surface area contributed by atoms with Gasteiger partial charge in [-0.2, -0.15) is 0 Å². The summed E-state index contributed by atoms with van der Waals surface area (Å²) in [7, 11) is 1.83. The molecule has 198 valence electrons. The Labute approximate surface area is 231 Å². The Hall–Kier alpha value is -2.57. The van der Waals surface area contributed by atoms with Gasteiger partial charge in [-0.3, -0.25) is 4.79 Å². The molecule has 2 aliphatic heterocycles. The SMILES string of the molecule is CN1CCC(=Cc2ccccc2OC[C@@H](O)CN2CCC(c3ccc4ccccc4c3)CC2)C1=O.Cl.Cl. The summed E-state index contributed by atoms with van der Waals surface area (Å²) in [6, 6.07) is 23.1. The topological polar surface area (TPSA) is 53.0 Å². The van der Waals surface area contributed by atoms with E-state index in [1.165, 1.54) is 16.3 Å². The van der Waals surface area contributed by atoms with E-state index < -0.39 is 6.10 Å². The molecule has 0 radical (unpaired) electrons. The van der Waals surface area contributed by atoms with Gasteiger partial charge in [0.1, 0.15) is 18.5 Å². The van der Waals surface area contributed by atoms with Crippen molar-refractivity contribution in [1.82, 2.24) is 9.80 Å². The molecule has 2 heterocycles. The van der Waals surface area contributed by atoms with Crippen LogP contribution in [0, 0.1) is 0 Å². The molecule has 5 rings (SSSR count). The summed E-state index contributed by atoms with van der Waals surface area (Å²) in [5.41, 5.74) is 3.11. The maximum Gasteiger partial charge on any atom is 0.249 e. The van der Waals surface area contributed by atoms with E-state index in [-0.39, 0.29) is 37.3 Å². The van der Waals surface area contributed by atoms with Crippen LogP contribution in [0.5, 0.6) is 5.75 Å². The maximum absolute atomic E-state index is 12.3. The highest BCUT2D eigenvalue weighted by molar-refractivity contribution is 6.00. The van der Waals surface area contributed by atoms with Gasteiger partial charge in [-0.25, -0.2) is 0 Å². The van der Waals surface area contributed by atoms with E-state index in [2.05, 4.69) is 47.4 Å². The number of β-amino-alcohol motifs (C(OH)–C–C–N with tert-alkyl or cyclic N) is 1. The minimum absolute atomic E-state index is 0. The van der Waals surface area contributed by atoms with Crippen molar-refractivity contribution in [2.24, 2.45) is 0 Å². The summed E-state index contributed by atoms with van der Waals surface area (Å²) < 4.78 is 6.00. The minimum atomic E-state index is -0.563. The fourth-order valence-electron chi connectivity index (χ4n) is 5.24. The first-order chi connectivity index (χ1) is 17.1. The van der Waals surface area contributed by atoms with Crippen molar-refractivity contribution < 1.29 is 14.6 Å². The van der Waals surface area contributed by atoms with Crippen molar-refractivity contribution in [3.63, 3.8) is 0 Å². The molecule has 1 N–H and O–H groups in total. The van der Waals surface area contributed by atoms with Crippen LogP contribution >= 0.6 is 24.8 Å². The normalized spacial score (nSPS) is 18.5. The van der Waals surface area contributed by atoms with E-state index in [1.54, 1.807) is 4.90 Å². The van der Waals surface area contributed by atoms with Crippen molar-refractivity contribution in [2.75, 3.05) is 39.8 Å². The lowest BCUT2D eigenvalue weighted by Crippen LogP contribution is -2.40. The minimum Gasteiger partial charge on any atom is -0.490 e. The van der Waals surface area contributed by atoms with Crippen molar-refractivity contribution in [1.29, 1.82) is 0 Å². The molecule has 1 amide bonds. The van der Waals surface area contributed by atoms with Crippen LogP contribution in [0.1, 0.15) is 36.3 Å². The largest absolute Gasteiger partial charge is 0.490 e. The highest BCUT2D eigenvalue weighted by atomic mass is 35.5. The Morgan fingerprint density at radius 1 is 0.973 bits per heavy atom. The Kier molecular flexibility index (Phi) is 10.4. The number of likely N-dealkylation sites (tertiary alicyclic amines) is 2. The number of hydrogen-bond donors (Lipinski definition) is 1. The average molecular weight is 544 g/mol. The second kappa shape index (κ2) is 13.3. The van der Waals surface area contributed by atoms with Crippen LogP contribution in [0.2, 0.25) is 0 Å². The molecule has 0 spiro atoms. The molecule has 1 atom stereocenters. The molecular formula is C30H36Cl2N2O3. The van der Waals surface area contributed by atoms with E-state index in [0.29, 0.717) is 18.2 Å². The van der Waals surface area contributed by atoms with E-state index >= 15 is 0 Å². The third kappa shape index (κ3) is 7.05. The molecule has 0 aromatic heterocycles. The van der Waals surface area contributed by atoms with Crippen LogP contribution in [0.4, 0.5) is 0 Å². The molecule has 2 aliphatic rings. The fourth-order valence-corrected chi connectivity index (χ4v) is 5.24. The van der Waals surface area contributed by atoms with Crippen molar-refractivity contribution in [2.45, 2.75) is 31.3 Å². The van der Waals surface area contributed by atoms with Crippen molar-refractivity contribution >= 4 is 47.6 Å². The zero-order valence-electron chi connectivity index (χ0n) is 21.2. The van der Waals surface area contributed by atoms with Crippen molar-refractivity contribution in [3.05, 3.63) is 83.4 Å². The standard InChI is InChI=1S/C30H34N2O3.2ClH/c1-31-15-12-27(30(31)34)19-26-8-4-5-9-29(26)35-21-28(33)20-32-16-13-23(14-17-32)25-11-10-22-6-2-3-7-24(22)18-25;;/h2-11,18-19,23,28,33H,12-17,20-21H2,1H3;2*1H/t28-;;/m0../s1. The number of hydrogen-bond acceptors (Lipinski definition) is 4. The summed E-state index contributed by atoms with van der Waals surface area (Å²) in [6.07, 6.45) is 4.31. The predicted molar refractivity (Wildman–Crippen MR) is 155 cm³/mol. The zero-order valence-corrected chi connectivity index (χ0v) is 22.8. The Morgan fingerprint density at radius 3 is 2.41 bits per heavy atom. The zero-order chi connectivity index (χ0) is 24.2. The monoisotopic (exact) mass is 542 g/mol. The van der Waals surface area contributed by atoms with Gasteiger partial charge in [-0.05, 0) is 66.7 Å². The van der Waals surface area contributed by atoms with Crippen LogP contribution < -0.4 is 4.74 Å². The van der Waals surface area contributed by atoms with Gasteiger partial charge in [0, 0.05) is 31.3 Å². The molecule has 0 unspecified atom stereocenters. The Balaban J connectivity index is 0.00000190. The average Bonchev–Trinajstić information content (AvgIpc) is 3.20. The van der Waals surface area contributed by atoms with E-state index in [4.69, 9.17) is 4.74 Å². The highest BCUT2D eigenvalue weighted by Gasteiger charge is 2.24. The van der Waals surface area contributed by atoms with Crippen LogP contribution in [0.25, 0.3) is 16.8 Å². The first-order valence-corrected chi connectivity index (χ1v) is 12.6. The van der Waals surface area contributed by atoms with Gasteiger partial charge in [0.15, 0.2) is 0 Å². The number of fused-ring (bicyclic) bond motifs is 1. The van der Waals surface area contributed by atoms with Crippen LogP contribution in [0.3, 0.4) is 0 Å². The van der Waals surface area contributed by atoms with Crippen LogP contribution in [0.15, 0.2) is 72.3 Å². The van der Waals surface area contributed by atoms with Gasteiger partial charge in [-0.15, -0.1) is 24.8 Å². The molecule has 2 fully saturated rings. The third-order valence-electron chi connectivity index (χ3n) is 7.32. The van der Waals surface area contributed by atoms with Crippen LogP contribution in [-0.2, 0) is 4.79 Å². The number of rotatable bonds is 7. The number of amides is 1. The molecule has 7 heteroatoms. The molecule has 3 aromatic rings. The number of ether oxygens (including phenoxy) is 1. The number of halogens is 2. The third-order valence-corrected chi connectivity index (χ3v) is 7.32. The first-order valence-electron chi connectivity index (χ1n) is 12.6. The van der Waals surface area contributed by atoms with E-state index in [0.717, 1.165) is 50.0 Å². The number of carbonyl (C=O) groups excluding carboxylic acids is 1. The highest BCUT2D eigenvalue weighted by Crippen LogP contribution is 2.30. The summed E-state index contributed by atoms with van der Waals surface area (Å²) >= 11 is 0. The summed E-state index contributed by atoms with van der Waals surface area (Å²) in [6.45, 7) is 3.55. The second-order valence-electron chi connectivity index (χ2n) is 9.83.